The number of carbonyl (C=O) groups is 1. The highest BCUT2D eigenvalue weighted by Crippen LogP contribution is 2.34. The zero-order valence-corrected chi connectivity index (χ0v) is 18.0. The second-order valence-corrected chi connectivity index (χ2v) is 7.22. The number of aromatic carboxylic acids is 1. The van der Waals surface area contributed by atoms with Crippen LogP contribution >= 0.6 is 15.9 Å². The van der Waals surface area contributed by atoms with Crippen LogP contribution in [0.5, 0.6) is 17.2 Å². The molecule has 4 rings (SSSR count). The van der Waals surface area contributed by atoms with Gasteiger partial charge in [0.2, 0.25) is 5.89 Å². The van der Waals surface area contributed by atoms with Crippen molar-refractivity contribution < 1.29 is 46.8 Å². The summed E-state index contributed by atoms with van der Waals surface area (Å²) in [5.41, 5.74) is 0.267. The molecule has 33 heavy (non-hydrogen) atoms. The first-order chi connectivity index (χ1) is 15.5. The molecular formula is C21H12BrF4NO6. The van der Waals surface area contributed by atoms with Gasteiger partial charge in [-0.15, -0.1) is 0 Å². The quantitative estimate of drug-likeness (QED) is 0.295. The molecule has 12 heteroatoms. The molecule has 0 aliphatic rings. The van der Waals surface area contributed by atoms with Gasteiger partial charge in [0, 0.05) is 11.6 Å². The Bertz CT molecular complexity index is 1330. The van der Waals surface area contributed by atoms with Crippen molar-refractivity contribution >= 4 is 33.0 Å². The number of hydrogen-bond donors (Lipinski definition) is 3. The highest BCUT2D eigenvalue weighted by Gasteiger charge is 2.17. The van der Waals surface area contributed by atoms with Crippen molar-refractivity contribution in [3.63, 3.8) is 0 Å². The molecule has 0 saturated carbocycles. The average Bonchev–Trinajstić information content (AvgIpc) is 3.16. The number of hydrogen-bond acceptors (Lipinski definition) is 6. The van der Waals surface area contributed by atoms with Gasteiger partial charge >= 0.3 is 5.97 Å². The Kier molecular flexibility index (Phi) is 6.77. The number of aromatic hydroxyl groups is 2. The number of rotatable bonds is 3. The zero-order chi connectivity index (χ0) is 24.4. The third-order valence-corrected chi connectivity index (χ3v) is 4.73. The maximum absolute atomic E-state index is 13.3. The minimum atomic E-state index is -1.39. The van der Waals surface area contributed by atoms with Crippen LogP contribution in [0.25, 0.3) is 22.6 Å². The number of nitrogens with zero attached hydrogens (tertiary/aromatic N) is 1. The molecule has 0 amide bonds. The van der Waals surface area contributed by atoms with Crippen molar-refractivity contribution in [2.24, 2.45) is 0 Å². The van der Waals surface area contributed by atoms with Gasteiger partial charge in [-0.1, -0.05) is 0 Å². The number of ether oxygens (including phenoxy) is 1. The van der Waals surface area contributed by atoms with E-state index in [1.807, 2.05) is 0 Å². The van der Waals surface area contributed by atoms with E-state index in [9.17, 15) is 27.5 Å². The van der Waals surface area contributed by atoms with Crippen molar-refractivity contribution in [2.75, 3.05) is 7.11 Å². The van der Waals surface area contributed by atoms with E-state index in [4.69, 9.17) is 14.6 Å². The predicted octanol–water partition coefficient (Wildman–Crippen LogP) is 5.62. The van der Waals surface area contributed by atoms with Gasteiger partial charge in [-0.3, -0.25) is 0 Å². The molecule has 0 spiro atoms. The maximum atomic E-state index is 13.3. The molecule has 0 aliphatic heterocycles. The lowest BCUT2D eigenvalue weighted by molar-refractivity contribution is 0.0695. The molecule has 172 valence electrons. The second-order valence-electron chi connectivity index (χ2n) is 6.36. The maximum Gasteiger partial charge on any atom is 0.335 e. The summed E-state index contributed by atoms with van der Waals surface area (Å²) in [7, 11) is 1.10. The molecule has 3 aromatic carbocycles. The molecule has 1 heterocycles. The molecule has 1 aromatic heterocycles. The predicted molar refractivity (Wildman–Crippen MR) is 110 cm³/mol. The lowest BCUT2D eigenvalue weighted by Crippen LogP contribution is -2.01. The smallest absolute Gasteiger partial charge is 0.335 e. The van der Waals surface area contributed by atoms with Gasteiger partial charge < -0.3 is 24.5 Å². The standard InChI is InChI=1S/C13H6BrF2NO3.C8H6F2O3/c14-7-3-6(18)4-10-12(7)20-13(17-10)5-1-8(15)11(19)9(16)2-5;1-13-7-5(9)2-4(8(11)12)3-6(7)10/h1-4,18-19H;2-3H,1H3,(H,11,12). The van der Waals surface area contributed by atoms with Crippen LogP contribution < -0.4 is 4.74 Å². The summed E-state index contributed by atoms with van der Waals surface area (Å²) in [5.74, 6) is -7.33. The van der Waals surface area contributed by atoms with Crippen LogP contribution in [0.1, 0.15) is 10.4 Å². The molecule has 0 aliphatic carbocycles. The molecular weight excluding hydrogens is 518 g/mol. The van der Waals surface area contributed by atoms with E-state index >= 15 is 0 Å². The van der Waals surface area contributed by atoms with Crippen molar-refractivity contribution in [2.45, 2.75) is 0 Å². The van der Waals surface area contributed by atoms with Gasteiger partial charge in [-0.05, 0) is 46.3 Å². The van der Waals surface area contributed by atoms with Crippen LogP contribution in [-0.2, 0) is 0 Å². The summed E-state index contributed by atoms with van der Waals surface area (Å²) in [4.78, 5) is 14.4. The van der Waals surface area contributed by atoms with E-state index in [1.54, 1.807) is 0 Å². The molecule has 3 N–H and O–H groups in total. The Hall–Kier alpha value is -3.80. The number of carboxylic acid groups (broad SMARTS) is 1. The van der Waals surface area contributed by atoms with Crippen molar-refractivity contribution in [1.82, 2.24) is 4.98 Å². The number of benzene rings is 3. The van der Waals surface area contributed by atoms with E-state index in [2.05, 4.69) is 25.7 Å². The fraction of sp³-hybridized carbons (Fsp3) is 0.0476. The van der Waals surface area contributed by atoms with Crippen molar-refractivity contribution in [3.8, 4) is 28.7 Å². The molecule has 0 saturated heterocycles. The van der Waals surface area contributed by atoms with Gasteiger partial charge in [0.05, 0.1) is 17.1 Å². The molecule has 0 atom stereocenters. The number of oxazole rings is 1. The third kappa shape index (κ3) is 5.00. The molecule has 0 radical (unpaired) electrons. The molecule has 0 unspecified atom stereocenters. The van der Waals surface area contributed by atoms with Gasteiger partial charge in [0.1, 0.15) is 11.3 Å². The minimum absolute atomic E-state index is 0.0210. The second kappa shape index (κ2) is 9.36. The largest absolute Gasteiger partial charge is 0.508 e. The first kappa shape index (κ1) is 23.9. The number of carboxylic acids is 1. The highest BCUT2D eigenvalue weighted by molar-refractivity contribution is 9.10. The molecule has 0 fully saturated rings. The van der Waals surface area contributed by atoms with E-state index in [0.29, 0.717) is 27.7 Å². The number of phenols is 2. The summed E-state index contributed by atoms with van der Waals surface area (Å²) < 4.78 is 62.6. The Morgan fingerprint density at radius 3 is 2.06 bits per heavy atom. The van der Waals surface area contributed by atoms with Crippen molar-refractivity contribution in [1.29, 1.82) is 0 Å². The number of fused-ring (bicyclic) bond motifs is 1. The van der Waals surface area contributed by atoms with Crippen LogP contribution in [-0.4, -0.2) is 33.4 Å². The summed E-state index contributed by atoms with van der Waals surface area (Å²) in [6, 6.07) is 6.00. The number of methoxy groups -OCH3 is 1. The monoisotopic (exact) mass is 529 g/mol. The first-order valence-electron chi connectivity index (χ1n) is 8.75. The molecule has 0 bridgehead atoms. The summed E-state index contributed by atoms with van der Waals surface area (Å²) in [6.45, 7) is 0. The Morgan fingerprint density at radius 2 is 1.55 bits per heavy atom. The van der Waals surface area contributed by atoms with Crippen LogP contribution in [0.4, 0.5) is 17.6 Å². The highest BCUT2D eigenvalue weighted by atomic mass is 79.9. The van der Waals surface area contributed by atoms with E-state index < -0.39 is 46.3 Å². The Morgan fingerprint density at radius 1 is 0.970 bits per heavy atom. The molecule has 4 aromatic rings. The zero-order valence-electron chi connectivity index (χ0n) is 16.4. The lowest BCUT2D eigenvalue weighted by Gasteiger charge is -2.03. The van der Waals surface area contributed by atoms with Gasteiger partial charge in [-0.25, -0.2) is 27.3 Å². The van der Waals surface area contributed by atoms with Crippen LogP contribution in [0.3, 0.4) is 0 Å². The van der Waals surface area contributed by atoms with Crippen molar-refractivity contribution in [3.05, 3.63) is 69.7 Å². The number of aromatic nitrogens is 1. The summed E-state index contributed by atoms with van der Waals surface area (Å²) in [5, 5.41) is 26.9. The van der Waals surface area contributed by atoms with Crippen LogP contribution in [0.2, 0.25) is 0 Å². The molecule has 7 nitrogen and oxygen atoms in total. The summed E-state index contributed by atoms with van der Waals surface area (Å²) >= 11 is 3.19. The first-order valence-corrected chi connectivity index (χ1v) is 9.54. The van der Waals surface area contributed by atoms with E-state index in [1.165, 1.54) is 12.1 Å². The van der Waals surface area contributed by atoms with Gasteiger partial charge in [-0.2, -0.15) is 0 Å². The van der Waals surface area contributed by atoms with Crippen LogP contribution in [0.15, 0.2) is 45.3 Å². The topological polar surface area (TPSA) is 113 Å². The van der Waals surface area contributed by atoms with Gasteiger partial charge in [0.15, 0.2) is 40.4 Å². The van der Waals surface area contributed by atoms with Gasteiger partial charge in [0.25, 0.3) is 0 Å². The fourth-order valence-corrected chi connectivity index (χ4v) is 3.19. The SMILES string of the molecule is COc1c(F)cc(C(=O)O)cc1F.Oc1cc(Br)c2oc(-c3cc(F)c(O)c(F)c3)nc2c1. The Labute approximate surface area is 190 Å². The lowest BCUT2D eigenvalue weighted by atomic mass is 10.2. The third-order valence-electron chi connectivity index (χ3n) is 4.14. The van der Waals surface area contributed by atoms with E-state index in [-0.39, 0.29) is 17.2 Å². The Balaban J connectivity index is 0.000000205. The minimum Gasteiger partial charge on any atom is -0.508 e. The van der Waals surface area contributed by atoms with E-state index in [0.717, 1.165) is 19.2 Å². The normalized spacial score (nSPS) is 10.6. The fourth-order valence-electron chi connectivity index (χ4n) is 2.67. The summed E-state index contributed by atoms with van der Waals surface area (Å²) in [6.07, 6.45) is 0. The number of phenolic OH excluding ortho intramolecular Hbond substituents is 2. The average molecular weight is 530 g/mol. The number of halogens is 5. The van der Waals surface area contributed by atoms with Crippen LogP contribution in [0, 0.1) is 23.3 Å².